The number of hydrogen-bond acceptors (Lipinski definition) is 7. The first-order chi connectivity index (χ1) is 12.1. The maximum Gasteiger partial charge on any atom is 0.350 e. The minimum absolute atomic E-state index is 0.285. The molecule has 0 saturated heterocycles. The number of ether oxygens (including phenoxy) is 1. The molecule has 1 aromatic carbocycles. The van der Waals surface area contributed by atoms with Gasteiger partial charge in [0, 0.05) is 6.42 Å². The molecule has 130 valence electrons. The van der Waals surface area contributed by atoms with Crippen LogP contribution in [0.25, 0.3) is 0 Å². The number of nitrogens with one attached hydrogen (secondary N) is 1. The second-order valence-corrected chi connectivity index (χ2v) is 6.34. The second-order valence-electron chi connectivity index (χ2n) is 5.35. The zero-order chi connectivity index (χ0) is 17.8. The lowest BCUT2D eigenvalue weighted by Gasteiger charge is -2.06. The Balaban J connectivity index is 1.62. The number of benzene rings is 1. The van der Waals surface area contributed by atoms with Crippen LogP contribution >= 0.6 is 11.3 Å². The van der Waals surface area contributed by atoms with Crippen LogP contribution in [0.5, 0.6) is 0 Å². The van der Waals surface area contributed by atoms with E-state index in [4.69, 9.17) is 9.57 Å². The van der Waals surface area contributed by atoms with Crippen molar-refractivity contribution >= 4 is 34.1 Å². The first-order valence-electron chi connectivity index (χ1n) is 7.82. The van der Waals surface area contributed by atoms with E-state index in [-0.39, 0.29) is 12.5 Å². The van der Waals surface area contributed by atoms with Crippen LogP contribution in [0.2, 0.25) is 0 Å². The molecule has 1 amide bonds. The Kier molecular flexibility index (Phi) is 5.08. The van der Waals surface area contributed by atoms with E-state index in [0.717, 1.165) is 22.6 Å². The smallest absolute Gasteiger partial charge is 0.350 e. The Hall–Kier alpha value is -2.74. The molecule has 0 spiro atoms. The van der Waals surface area contributed by atoms with Crippen LogP contribution in [0.1, 0.15) is 34.3 Å². The van der Waals surface area contributed by atoms with Gasteiger partial charge in [0.05, 0.1) is 18.0 Å². The van der Waals surface area contributed by atoms with Crippen molar-refractivity contribution in [2.45, 2.75) is 26.4 Å². The van der Waals surface area contributed by atoms with E-state index < -0.39 is 12.1 Å². The quantitative estimate of drug-likeness (QED) is 0.829. The Morgan fingerprint density at radius 3 is 2.84 bits per heavy atom. The van der Waals surface area contributed by atoms with E-state index in [9.17, 15) is 9.59 Å². The summed E-state index contributed by atoms with van der Waals surface area (Å²) < 4.78 is 4.97. The van der Waals surface area contributed by atoms with Crippen LogP contribution in [-0.2, 0) is 14.4 Å². The molecular formula is C17H17N3O4S. The summed E-state index contributed by atoms with van der Waals surface area (Å²) in [4.78, 5) is 34.0. The van der Waals surface area contributed by atoms with Crippen LogP contribution < -0.4 is 5.32 Å². The third-order valence-corrected chi connectivity index (χ3v) is 4.61. The largest absolute Gasteiger partial charge is 0.462 e. The van der Waals surface area contributed by atoms with Gasteiger partial charge in [0.25, 0.3) is 5.91 Å². The van der Waals surface area contributed by atoms with Gasteiger partial charge in [0.15, 0.2) is 5.13 Å². The predicted octanol–water partition coefficient (Wildman–Crippen LogP) is 2.76. The molecular weight excluding hydrogens is 342 g/mol. The third kappa shape index (κ3) is 3.85. The SMILES string of the molecule is CCOC(=O)c1sc(NC(=O)C2CC(c3ccccc3)=NO2)nc1C. The maximum atomic E-state index is 12.3. The Morgan fingerprint density at radius 1 is 1.36 bits per heavy atom. The molecule has 1 aliphatic rings. The van der Waals surface area contributed by atoms with Crippen molar-refractivity contribution in [3.8, 4) is 0 Å². The molecule has 0 fully saturated rings. The topological polar surface area (TPSA) is 89.9 Å². The maximum absolute atomic E-state index is 12.3. The van der Waals surface area contributed by atoms with Crippen molar-refractivity contribution in [2.75, 3.05) is 11.9 Å². The number of thiazole rings is 1. The monoisotopic (exact) mass is 359 g/mol. The second kappa shape index (κ2) is 7.43. The molecule has 1 aliphatic heterocycles. The fraction of sp³-hybridized carbons (Fsp3) is 0.294. The highest BCUT2D eigenvalue weighted by Crippen LogP contribution is 2.25. The molecule has 7 nitrogen and oxygen atoms in total. The van der Waals surface area contributed by atoms with Gasteiger partial charge in [-0.05, 0) is 19.4 Å². The fourth-order valence-electron chi connectivity index (χ4n) is 2.34. The van der Waals surface area contributed by atoms with Gasteiger partial charge in [-0.1, -0.05) is 46.8 Å². The molecule has 8 heteroatoms. The molecule has 0 aliphatic carbocycles. The number of aromatic nitrogens is 1. The van der Waals surface area contributed by atoms with Crippen molar-refractivity contribution in [1.82, 2.24) is 4.98 Å². The minimum Gasteiger partial charge on any atom is -0.462 e. The Morgan fingerprint density at radius 2 is 2.12 bits per heavy atom. The van der Waals surface area contributed by atoms with E-state index in [0.29, 0.717) is 22.1 Å². The highest BCUT2D eigenvalue weighted by atomic mass is 32.1. The van der Waals surface area contributed by atoms with Crippen molar-refractivity contribution in [1.29, 1.82) is 0 Å². The number of carbonyl (C=O) groups excluding carboxylic acids is 2. The number of hydrogen-bond donors (Lipinski definition) is 1. The number of oxime groups is 1. The molecule has 1 atom stereocenters. The summed E-state index contributed by atoms with van der Waals surface area (Å²) >= 11 is 1.08. The zero-order valence-corrected chi connectivity index (χ0v) is 14.6. The van der Waals surface area contributed by atoms with E-state index in [2.05, 4.69) is 15.5 Å². The summed E-state index contributed by atoms with van der Waals surface area (Å²) in [5, 5.41) is 7.00. The van der Waals surface area contributed by atoms with Crippen molar-refractivity contribution in [2.24, 2.45) is 5.16 Å². The van der Waals surface area contributed by atoms with Gasteiger partial charge in [0.2, 0.25) is 6.10 Å². The lowest BCUT2D eigenvalue weighted by atomic mass is 10.1. The van der Waals surface area contributed by atoms with Crippen LogP contribution in [0.4, 0.5) is 5.13 Å². The minimum atomic E-state index is -0.717. The normalized spacial score (nSPS) is 16.1. The molecule has 0 saturated carbocycles. The highest BCUT2D eigenvalue weighted by Gasteiger charge is 2.30. The van der Waals surface area contributed by atoms with Crippen LogP contribution in [0, 0.1) is 6.92 Å². The van der Waals surface area contributed by atoms with Crippen LogP contribution in [0.15, 0.2) is 35.5 Å². The Labute approximate surface area is 148 Å². The third-order valence-electron chi connectivity index (χ3n) is 3.56. The van der Waals surface area contributed by atoms with Crippen molar-refractivity contribution in [3.05, 3.63) is 46.5 Å². The summed E-state index contributed by atoms with van der Waals surface area (Å²) in [5.74, 6) is -0.788. The number of anilines is 1. The molecule has 3 rings (SSSR count). The molecule has 2 aromatic rings. The number of amides is 1. The first kappa shape index (κ1) is 17.1. The zero-order valence-electron chi connectivity index (χ0n) is 13.8. The Bertz CT molecular complexity index is 817. The van der Waals surface area contributed by atoms with Gasteiger partial charge < -0.3 is 9.57 Å². The first-order valence-corrected chi connectivity index (χ1v) is 8.63. The van der Waals surface area contributed by atoms with E-state index in [1.165, 1.54) is 0 Å². The van der Waals surface area contributed by atoms with Gasteiger partial charge >= 0.3 is 5.97 Å². The summed E-state index contributed by atoms with van der Waals surface area (Å²) in [6.07, 6.45) is -0.337. The molecule has 0 radical (unpaired) electrons. The average molecular weight is 359 g/mol. The summed E-state index contributed by atoms with van der Waals surface area (Å²) in [6.45, 7) is 3.72. The van der Waals surface area contributed by atoms with Gasteiger partial charge in [-0.3, -0.25) is 10.1 Å². The summed E-state index contributed by atoms with van der Waals surface area (Å²) in [7, 11) is 0. The number of nitrogens with zero attached hydrogens (tertiary/aromatic N) is 2. The van der Waals surface area contributed by atoms with Gasteiger partial charge in [-0.15, -0.1) is 0 Å². The van der Waals surface area contributed by atoms with Crippen molar-refractivity contribution in [3.63, 3.8) is 0 Å². The summed E-state index contributed by atoms with van der Waals surface area (Å²) in [5.41, 5.74) is 2.17. The van der Waals surface area contributed by atoms with Crippen molar-refractivity contribution < 1.29 is 19.2 Å². The van der Waals surface area contributed by atoms with Gasteiger partial charge in [0.1, 0.15) is 4.88 Å². The molecule has 1 aromatic heterocycles. The number of rotatable bonds is 5. The molecule has 1 unspecified atom stereocenters. The molecule has 25 heavy (non-hydrogen) atoms. The fourth-order valence-corrected chi connectivity index (χ4v) is 3.20. The van der Waals surface area contributed by atoms with Crippen LogP contribution in [-0.4, -0.2) is 35.3 Å². The van der Waals surface area contributed by atoms with Gasteiger partial charge in [-0.2, -0.15) is 0 Å². The number of carbonyl (C=O) groups is 2. The number of aryl methyl sites for hydroxylation is 1. The standard InChI is InChI=1S/C17H17N3O4S/c1-3-23-16(22)14-10(2)18-17(25-14)19-15(21)13-9-12(20-24-13)11-7-5-4-6-8-11/h4-8,13H,3,9H2,1-2H3,(H,18,19,21). The molecule has 0 bridgehead atoms. The van der Waals surface area contributed by atoms with E-state index in [1.807, 2.05) is 30.3 Å². The predicted molar refractivity (Wildman–Crippen MR) is 93.9 cm³/mol. The van der Waals surface area contributed by atoms with E-state index in [1.54, 1.807) is 13.8 Å². The highest BCUT2D eigenvalue weighted by molar-refractivity contribution is 7.17. The molecule has 1 N–H and O–H groups in total. The van der Waals surface area contributed by atoms with E-state index >= 15 is 0 Å². The molecule has 2 heterocycles. The van der Waals surface area contributed by atoms with Gasteiger partial charge in [-0.25, -0.2) is 9.78 Å². The lowest BCUT2D eigenvalue weighted by Crippen LogP contribution is -2.28. The van der Waals surface area contributed by atoms with Crippen LogP contribution in [0.3, 0.4) is 0 Å². The average Bonchev–Trinajstić information content (AvgIpc) is 3.23. The lowest BCUT2D eigenvalue weighted by molar-refractivity contribution is -0.125. The number of esters is 1. The summed E-state index contributed by atoms with van der Waals surface area (Å²) in [6, 6.07) is 9.55.